The van der Waals surface area contributed by atoms with Crippen molar-refractivity contribution in [1.29, 1.82) is 0 Å². The molecule has 0 saturated heterocycles. The van der Waals surface area contributed by atoms with E-state index < -0.39 is 11.4 Å². The number of fused-ring (bicyclic) bond motifs is 2. The van der Waals surface area contributed by atoms with E-state index in [0.29, 0.717) is 18.1 Å². The Labute approximate surface area is 158 Å². The van der Waals surface area contributed by atoms with E-state index in [9.17, 15) is 4.55 Å². The lowest BCUT2D eigenvalue weighted by molar-refractivity contribution is 0.446. The minimum Gasteiger partial charge on any atom is -0.588 e. The van der Waals surface area contributed by atoms with Crippen LogP contribution in [0.15, 0.2) is 78.0 Å². The lowest BCUT2D eigenvalue weighted by Gasteiger charge is -2.17. The molecule has 2 aromatic heterocycles. The monoisotopic (exact) mass is 374 g/mol. The van der Waals surface area contributed by atoms with Gasteiger partial charge in [-0.05, 0) is 24.3 Å². The number of anilines is 1. The van der Waals surface area contributed by atoms with Gasteiger partial charge in [-0.15, -0.1) is 0 Å². The lowest BCUT2D eigenvalue weighted by Crippen LogP contribution is -2.24. The van der Waals surface area contributed by atoms with Crippen LogP contribution in [0.25, 0.3) is 10.9 Å². The van der Waals surface area contributed by atoms with E-state index in [-0.39, 0.29) is 6.01 Å². The predicted octanol–water partition coefficient (Wildman–Crippen LogP) is 3.86. The first-order chi connectivity index (χ1) is 13.3. The van der Waals surface area contributed by atoms with Gasteiger partial charge in [0.15, 0.2) is 10.7 Å². The molecule has 0 fully saturated rings. The van der Waals surface area contributed by atoms with E-state index >= 15 is 0 Å². The maximum atomic E-state index is 12.8. The number of nitrogens with zero attached hydrogens (tertiary/aromatic N) is 4. The van der Waals surface area contributed by atoms with Crippen LogP contribution in [0.1, 0.15) is 5.56 Å². The molecule has 1 unspecified atom stereocenters. The van der Waals surface area contributed by atoms with Crippen LogP contribution in [0.4, 0.5) is 5.82 Å². The van der Waals surface area contributed by atoms with Gasteiger partial charge >= 0.3 is 6.01 Å². The Morgan fingerprint density at radius 1 is 0.926 bits per heavy atom. The van der Waals surface area contributed by atoms with Crippen LogP contribution in [0.2, 0.25) is 0 Å². The first-order valence-corrected chi connectivity index (χ1v) is 9.52. The Morgan fingerprint density at radius 3 is 2.67 bits per heavy atom. The summed E-state index contributed by atoms with van der Waals surface area (Å²) >= 11 is -1.29. The molecule has 4 aromatic rings. The third-order valence-electron chi connectivity index (χ3n) is 4.36. The molecule has 132 valence electrons. The summed E-state index contributed by atoms with van der Waals surface area (Å²) in [5.41, 5.74) is 1.87. The third-order valence-corrected chi connectivity index (χ3v) is 5.85. The van der Waals surface area contributed by atoms with Gasteiger partial charge in [-0.1, -0.05) is 30.3 Å². The zero-order chi connectivity index (χ0) is 18.2. The predicted molar refractivity (Wildman–Crippen MR) is 103 cm³/mol. The molecule has 5 rings (SSSR count). The Hall–Kier alpha value is -3.16. The summed E-state index contributed by atoms with van der Waals surface area (Å²) in [6, 6.07) is 19.1. The van der Waals surface area contributed by atoms with Crippen molar-refractivity contribution in [3.8, 4) is 11.8 Å². The normalized spacial score (nSPS) is 15.7. The lowest BCUT2D eigenvalue weighted by atomic mass is 10.2. The zero-order valence-electron chi connectivity index (χ0n) is 14.1. The van der Waals surface area contributed by atoms with Gasteiger partial charge in [-0.2, -0.15) is 9.29 Å². The number of aromatic nitrogens is 3. The standard InChI is InChI=1S/C20H14N4O2S/c25-27-18-8-4-1-5-14(18)13-24(27)19-10-12-22-20(23-19)26-17-9-11-21-16-7-3-2-6-15(16)17/h1-12H,13H2. The topological polar surface area (TPSA) is 74.2 Å². The van der Waals surface area contributed by atoms with Crippen molar-refractivity contribution in [2.24, 2.45) is 0 Å². The van der Waals surface area contributed by atoms with Crippen LogP contribution in [0.3, 0.4) is 0 Å². The summed E-state index contributed by atoms with van der Waals surface area (Å²) in [6.07, 6.45) is 3.30. The molecular formula is C20H14N4O2S. The maximum absolute atomic E-state index is 12.8. The summed E-state index contributed by atoms with van der Waals surface area (Å²) in [4.78, 5) is 13.8. The summed E-state index contributed by atoms with van der Waals surface area (Å²) in [7, 11) is 0. The Balaban J connectivity index is 1.46. The van der Waals surface area contributed by atoms with E-state index in [0.717, 1.165) is 21.4 Å². The number of ether oxygens (including phenoxy) is 1. The van der Waals surface area contributed by atoms with Gasteiger partial charge < -0.3 is 9.29 Å². The molecular weight excluding hydrogens is 360 g/mol. The Bertz CT molecular complexity index is 1130. The molecule has 0 bridgehead atoms. The van der Waals surface area contributed by atoms with Crippen LogP contribution >= 0.6 is 0 Å². The molecule has 27 heavy (non-hydrogen) atoms. The molecule has 0 N–H and O–H groups in total. The van der Waals surface area contributed by atoms with Crippen LogP contribution in [-0.4, -0.2) is 19.5 Å². The zero-order valence-corrected chi connectivity index (χ0v) is 15.0. The summed E-state index contributed by atoms with van der Waals surface area (Å²) in [6.45, 7) is 0.539. The summed E-state index contributed by atoms with van der Waals surface area (Å²) < 4.78 is 20.4. The largest absolute Gasteiger partial charge is 0.588 e. The molecule has 1 atom stereocenters. The molecule has 6 nitrogen and oxygen atoms in total. The number of pyridine rings is 1. The molecule has 0 amide bonds. The molecule has 0 spiro atoms. The highest BCUT2D eigenvalue weighted by Crippen LogP contribution is 2.34. The van der Waals surface area contributed by atoms with E-state index in [1.165, 1.54) is 0 Å². The average molecular weight is 374 g/mol. The minimum absolute atomic E-state index is 0.205. The molecule has 0 radical (unpaired) electrons. The van der Waals surface area contributed by atoms with Gasteiger partial charge in [0.25, 0.3) is 0 Å². The van der Waals surface area contributed by atoms with Crippen LogP contribution in [0, 0.1) is 0 Å². The van der Waals surface area contributed by atoms with Crippen LogP contribution in [0.5, 0.6) is 11.8 Å². The van der Waals surface area contributed by atoms with Gasteiger partial charge in [0, 0.05) is 29.4 Å². The maximum Gasteiger partial charge on any atom is 0.324 e. The second-order valence-electron chi connectivity index (χ2n) is 6.02. The van der Waals surface area contributed by atoms with E-state index in [4.69, 9.17) is 4.74 Å². The van der Waals surface area contributed by atoms with Gasteiger partial charge in [-0.3, -0.25) is 4.98 Å². The van der Waals surface area contributed by atoms with Gasteiger partial charge in [0.1, 0.15) is 17.1 Å². The minimum atomic E-state index is -1.29. The highest BCUT2D eigenvalue weighted by molar-refractivity contribution is 7.93. The molecule has 0 saturated carbocycles. The van der Waals surface area contributed by atoms with Crippen molar-refractivity contribution >= 4 is 28.1 Å². The van der Waals surface area contributed by atoms with Crippen molar-refractivity contribution in [2.75, 3.05) is 4.31 Å². The first-order valence-electron chi connectivity index (χ1n) is 8.41. The van der Waals surface area contributed by atoms with Gasteiger partial charge in [-0.25, -0.2) is 4.98 Å². The van der Waals surface area contributed by atoms with Crippen molar-refractivity contribution in [2.45, 2.75) is 11.4 Å². The third kappa shape index (κ3) is 2.87. The fourth-order valence-electron chi connectivity index (χ4n) is 3.08. The molecule has 1 aliphatic rings. The number of benzene rings is 2. The summed E-state index contributed by atoms with van der Waals surface area (Å²) in [5.74, 6) is 1.19. The van der Waals surface area contributed by atoms with Crippen LogP contribution < -0.4 is 9.04 Å². The van der Waals surface area contributed by atoms with Crippen molar-refractivity contribution < 1.29 is 9.29 Å². The quantitative estimate of drug-likeness (QED) is 0.507. The first kappa shape index (κ1) is 16.0. The van der Waals surface area contributed by atoms with E-state index in [1.54, 1.807) is 28.8 Å². The fraction of sp³-hybridized carbons (Fsp3) is 0.0500. The number of rotatable bonds is 3. The van der Waals surface area contributed by atoms with E-state index in [2.05, 4.69) is 15.0 Å². The molecule has 3 heterocycles. The highest BCUT2D eigenvalue weighted by Gasteiger charge is 2.35. The second kappa shape index (κ2) is 6.53. The molecule has 0 aliphatic carbocycles. The van der Waals surface area contributed by atoms with Crippen LogP contribution in [-0.2, 0) is 17.9 Å². The SMILES string of the molecule is [O-][S+]1c2ccccc2CN1c1ccnc(Oc2ccnc3ccccc23)n1. The summed E-state index contributed by atoms with van der Waals surface area (Å²) in [5, 5.41) is 0.881. The van der Waals surface area contributed by atoms with Crippen molar-refractivity contribution in [3.63, 3.8) is 0 Å². The second-order valence-corrected chi connectivity index (χ2v) is 7.40. The fourth-order valence-corrected chi connectivity index (χ4v) is 4.40. The Kier molecular flexibility index (Phi) is 3.88. The van der Waals surface area contributed by atoms with E-state index in [1.807, 2.05) is 48.5 Å². The molecule has 1 aliphatic heterocycles. The highest BCUT2D eigenvalue weighted by atomic mass is 32.2. The van der Waals surface area contributed by atoms with Crippen molar-refractivity contribution in [3.05, 3.63) is 78.6 Å². The van der Waals surface area contributed by atoms with Gasteiger partial charge in [0.2, 0.25) is 0 Å². The smallest absolute Gasteiger partial charge is 0.324 e. The molecule has 2 aromatic carbocycles. The number of para-hydroxylation sites is 1. The molecule has 7 heteroatoms. The van der Waals surface area contributed by atoms with Crippen molar-refractivity contribution in [1.82, 2.24) is 15.0 Å². The number of hydrogen-bond donors (Lipinski definition) is 0. The Morgan fingerprint density at radius 2 is 1.74 bits per heavy atom. The van der Waals surface area contributed by atoms with Gasteiger partial charge in [0.05, 0.1) is 12.1 Å². The average Bonchev–Trinajstić information content (AvgIpc) is 3.06. The number of hydrogen-bond acceptors (Lipinski definition) is 6.